The summed E-state index contributed by atoms with van der Waals surface area (Å²) in [5.41, 5.74) is 7.41. The summed E-state index contributed by atoms with van der Waals surface area (Å²) in [6, 6.07) is 9.85. The average Bonchev–Trinajstić information content (AvgIpc) is 2.62. The molecule has 0 heterocycles. The highest BCUT2D eigenvalue weighted by Gasteiger charge is 2.23. The zero-order valence-electron chi connectivity index (χ0n) is 7.98. The van der Waals surface area contributed by atoms with Gasteiger partial charge in [-0.1, -0.05) is 36.4 Å². The van der Waals surface area contributed by atoms with Crippen LogP contribution in [0.1, 0.15) is 5.56 Å². The van der Waals surface area contributed by atoms with Crippen LogP contribution in [0.2, 0.25) is 0 Å². The number of benzene rings is 1. The van der Waals surface area contributed by atoms with Crippen LogP contribution in [0.15, 0.2) is 46.1 Å². The topological polar surface area (TPSA) is 43.1 Å². The zero-order valence-corrected chi connectivity index (χ0v) is 10.1. The van der Waals surface area contributed by atoms with E-state index in [2.05, 4.69) is 22.6 Å². The zero-order chi connectivity index (χ0) is 10.8. The van der Waals surface area contributed by atoms with E-state index in [0.29, 0.717) is 0 Å². The summed E-state index contributed by atoms with van der Waals surface area (Å²) in [7, 11) is 0. The van der Waals surface area contributed by atoms with Crippen LogP contribution < -0.4 is 5.73 Å². The lowest BCUT2D eigenvalue weighted by atomic mass is 9.95. The van der Waals surface area contributed by atoms with Crippen LogP contribution >= 0.6 is 22.6 Å². The fraction of sp³-hybridized carbons (Fsp3) is 0.0833. The van der Waals surface area contributed by atoms with Crippen LogP contribution in [0, 0.1) is 5.92 Å². The van der Waals surface area contributed by atoms with Crippen molar-refractivity contribution < 1.29 is 4.79 Å². The van der Waals surface area contributed by atoms with Gasteiger partial charge in [0.25, 0.3) is 0 Å². The number of allylic oxidation sites excluding steroid dienone is 2. The van der Waals surface area contributed by atoms with Crippen molar-refractivity contribution >= 4 is 34.1 Å². The average molecular weight is 311 g/mol. The fourth-order valence-electron chi connectivity index (χ4n) is 1.66. The summed E-state index contributed by atoms with van der Waals surface area (Å²) in [6.45, 7) is 0. The van der Waals surface area contributed by atoms with E-state index in [9.17, 15) is 4.79 Å². The molecule has 1 atom stereocenters. The first kappa shape index (κ1) is 10.4. The van der Waals surface area contributed by atoms with Crippen LogP contribution in [0.4, 0.5) is 0 Å². The van der Waals surface area contributed by atoms with Crippen LogP contribution in [0.25, 0.3) is 5.57 Å². The molecule has 1 unspecified atom stereocenters. The van der Waals surface area contributed by atoms with Crippen LogP contribution in [-0.2, 0) is 4.79 Å². The second-order valence-corrected chi connectivity index (χ2v) is 4.64. The lowest BCUT2D eigenvalue weighted by Crippen LogP contribution is -2.21. The number of carbonyl (C=O) groups excluding carboxylic acids is 1. The van der Waals surface area contributed by atoms with Crippen molar-refractivity contribution in [2.75, 3.05) is 0 Å². The lowest BCUT2D eigenvalue weighted by Gasteiger charge is -2.09. The standard InChI is InChI=1S/C12H10INO/c13-9-6-10(11(7-9)12(14)15)8-4-2-1-3-5-8/h1-7,11H,(H2,14,15). The second kappa shape index (κ2) is 4.18. The van der Waals surface area contributed by atoms with E-state index in [4.69, 9.17) is 5.73 Å². The third kappa shape index (κ3) is 2.12. The van der Waals surface area contributed by atoms with E-state index in [-0.39, 0.29) is 11.8 Å². The molecule has 1 amide bonds. The van der Waals surface area contributed by atoms with Gasteiger partial charge in [0.05, 0.1) is 5.92 Å². The molecule has 1 aliphatic rings. The Morgan fingerprint density at radius 3 is 2.53 bits per heavy atom. The molecule has 1 aromatic rings. The number of nitrogens with two attached hydrogens (primary N) is 1. The molecular weight excluding hydrogens is 301 g/mol. The largest absolute Gasteiger partial charge is 0.369 e. The summed E-state index contributed by atoms with van der Waals surface area (Å²) in [5, 5.41) is 0. The molecule has 0 saturated carbocycles. The van der Waals surface area contributed by atoms with E-state index in [1.165, 1.54) is 0 Å². The predicted octanol–water partition coefficient (Wildman–Crippen LogP) is 2.50. The Balaban J connectivity index is 2.39. The molecule has 76 valence electrons. The Morgan fingerprint density at radius 1 is 1.27 bits per heavy atom. The van der Waals surface area contributed by atoms with E-state index >= 15 is 0 Å². The number of hydrogen-bond donors (Lipinski definition) is 1. The minimum atomic E-state index is -0.295. The first-order valence-corrected chi connectivity index (χ1v) is 5.70. The highest BCUT2D eigenvalue weighted by atomic mass is 127. The second-order valence-electron chi connectivity index (χ2n) is 3.40. The first-order valence-electron chi connectivity index (χ1n) is 4.62. The number of primary amides is 1. The molecule has 0 fully saturated rings. The summed E-state index contributed by atoms with van der Waals surface area (Å²) < 4.78 is 1.07. The van der Waals surface area contributed by atoms with Gasteiger partial charge in [-0.25, -0.2) is 0 Å². The monoisotopic (exact) mass is 311 g/mol. The molecule has 0 aliphatic heterocycles. The Kier molecular flexibility index (Phi) is 2.90. The Bertz CT molecular complexity index is 448. The van der Waals surface area contributed by atoms with Crippen molar-refractivity contribution in [1.29, 1.82) is 0 Å². The molecular formula is C12H10INO. The van der Waals surface area contributed by atoms with Gasteiger partial charge in [-0.05, 0) is 39.8 Å². The molecule has 0 radical (unpaired) electrons. The van der Waals surface area contributed by atoms with Gasteiger partial charge in [0, 0.05) is 3.58 Å². The maximum Gasteiger partial charge on any atom is 0.228 e. The third-order valence-electron chi connectivity index (χ3n) is 2.37. The molecule has 1 aromatic carbocycles. The van der Waals surface area contributed by atoms with Gasteiger partial charge < -0.3 is 5.73 Å². The van der Waals surface area contributed by atoms with Gasteiger partial charge in [0.1, 0.15) is 0 Å². The quantitative estimate of drug-likeness (QED) is 0.838. The van der Waals surface area contributed by atoms with E-state index < -0.39 is 0 Å². The number of rotatable bonds is 2. The van der Waals surface area contributed by atoms with Crippen LogP contribution in [0.3, 0.4) is 0 Å². The molecule has 1 aliphatic carbocycles. The molecule has 0 aromatic heterocycles. The summed E-state index contributed by atoms with van der Waals surface area (Å²) in [6.07, 6.45) is 3.90. The van der Waals surface area contributed by atoms with Crippen molar-refractivity contribution in [3.63, 3.8) is 0 Å². The summed E-state index contributed by atoms with van der Waals surface area (Å²) in [4.78, 5) is 11.3. The number of carbonyl (C=O) groups is 1. The van der Waals surface area contributed by atoms with Crippen molar-refractivity contribution in [3.8, 4) is 0 Å². The summed E-state index contributed by atoms with van der Waals surface area (Å²) in [5.74, 6) is -0.573. The van der Waals surface area contributed by atoms with Gasteiger partial charge in [0.15, 0.2) is 0 Å². The van der Waals surface area contributed by atoms with E-state index in [0.717, 1.165) is 14.7 Å². The molecule has 2 N–H and O–H groups in total. The van der Waals surface area contributed by atoms with Gasteiger partial charge in [-0.3, -0.25) is 4.79 Å². The number of halogens is 1. The summed E-state index contributed by atoms with van der Waals surface area (Å²) >= 11 is 2.20. The third-order valence-corrected chi connectivity index (χ3v) is 3.04. The normalized spacial score (nSPS) is 19.7. The Labute approximate surface area is 102 Å². The fourth-order valence-corrected chi connectivity index (χ4v) is 2.36. The maximum atomic E-state index is 11.3. The van der Waals surface area contributed by atoms with E-state index in [1.54, 1.807) is 0 Å². The highest BCUT2D eigenvalue weighted by molar-refractivity contribution is 14.1. The van der Waals surface area contributed by atoms with E-state index in [1.807, 2.05) is 42.5 Å². The van der Waals surface area contributed by atoms with Gasteiger partial charge >= 0.3 is 0 Å². The van der Waals surface area contributed by atoms with Crippen LogP contribution in [0.5, 0.6) is 0 Å². The predicted molar refractivity (Wildman–Crippen MR) is 69.2 cm³/mol. The van der Waals surface area contributed by atoms with Crippen molar-refractivity contribution in [1.82, 2.24) is 0 Å². The molecule has 0 spiro atoms. The minimum absolute atomic E-state index is 0.278. The Morgan fingerprint density at radius 2 is 1.93 bits per heavy atom. The molecule has 2 rings (SSSR count). The minimum Gasteiger partial charge on any atom is -0.369 e. The van der Waals surface area contributed by atoms with Crippen LogP contribution in [-0.4, -0.2) is 5.91 Å². The Hall–Kier alpha value is -1.10. The highest BCUT2D eigenvalue weighted by Crippen LogP contribution is 2.34. The van der Waals surface area contributed by atoms with Crippen molar-refractivity contribution in [2.24, 2.45) is 11.7 Å². The smallest absolute Gasteiger partial charge is 0.228 e. The molecule has 2 nitrogen and oxygen atoms in total. The molecule has 3 heteroatoms. The van der Waals surface area contributed by atoms with Crippen molar-refractivity contribution in [3.05, 3.63) is 51.6 Å². The maximum absolute atomic E-state index is 11.3. The number of amides is 1. The molecule has 0 saturated heterocycles. The number of hydrogen-bond acceptors (Lipinski definition) is 1. The van der Waals surface area contributed by atoms with Gasteiger partial charge in [-0.2, -0.15) is 0 Å². The SMILES string of the molecule is NC(=O)C1C=C(I)C=C1c1ccccc1. The lowest BCUT2D eigenvalue weighted by molar-refractivity contribution is -0.119. The van der Waals surface area contributed by atoms with Crippen molar-refractivity contribution in [2.45, 2.75) is 0 Å². The van der Waals surface area contributed by atoms with Gasteiger partial charge in [0.2, 0.25) is 5.91 Å². The van der Waals surface area contributed by atoms with Gasteiger partial charge in [-0.15, -0.1) is 0 Å². The first-order chi connectivity index (χ1) is 7.18. The molecule has 15 heavy (non-hydrogen) atoms. The molecule has 0 bridgehead atoms.